The van der Waals surface area contributed by atoms with Crippen LogP contribution in [-0.2, 0) is 18.4 Å². The SMILES string of the molecule is CCCC1(C(CC=C[C@@H]2[C@@H](CC=CCCCC(=O)OC)[C@@H](Cl)C[C@H]2O[Si](C)(C)C(C)(C)C)O[Si](C)(C)C(C)(C)C)CCC1. The summed E-state index contributed by atoms with van der Waals surface area (Å²) < 4.78 is 19.1. The van der Waals surface area contributed by atoms with Gasteiger partial charge in [0, 0.05) is 17.7 Å². The molecule has 0 radical (unpaired) electrons. The average molecular weight is 656 g/mol. The third kappa shape index (κ3) is 10.6. The topological polar surface area (TPSA) is 44.8 Å². The van der Waals surface area contributed by atoms with Gasteiger partial charge in [-0.15, -0.1) is 11.6 Å². The Hall–Kier alpha value is -0.406. The number of hydrogen-bond acceptors (Lipinski definition) is 4. The molecule has 2 rings (SSSR count). The summed E-state index contributed by atoms with van der Waals surface area (Å²) in [4.78, 5) is 11.5. The number of rotatable bonds is 16. The molecule has 4 nitrogen and oxygen atoms in total. The van der Waals surface area contributed by atoms with Crippen LogP contribution in [0.15, 0.2) is 24.3 Å². The van der Waals surface area contributed by atoms with Gasteiger partial charge in [-0.05, 0) is 99.0 Å². The Morgan fingerprint density at radius 3 is 2.14 bits per heavy atom. The van der Waals surface area contributed by atoms with Gasteiger partial charge in [-0.2, -0.15) is 0 Å². The number of carbonyl (C=O) groups excluding carboxylic acids is 1. The molecule has 0 aromatic heterocycles. The van der Waals surface area contributed by atoms with Crippen molar-refractivity contribution in [3.63, 3.8) is 0 Å². The fraction of sp³-hybridized carbons (Fsp3) is 0.861. The van der Waals surface area contributed by atoms with Crippen LogP contribution in [0.1, 0.15) is 119 Å². The number of allylic oxidation sites excluding steroid dienone is 2. The lowest BCUT2D eigenvalue weighted by molar-refractivity contribution is -0.140. The Kier molecular flexibility index (Phi) is 14.4. The molecule has 0 spiro atoms. The van der Waals surface area contributed by atoms with Crippen LogP contribution >= 0.6 is 11.6 Å². The molecular weight excluding hydrogens is 588 g/mol. The first kappa shape index (κ1) is 38.8. The molecule has 0 N–H and O–H groups in total. The molecule has 1 unspecified atom stereocenters. The van der Waals surface area contributed by atoms with Crippen LogP contribution in [0.25, 0.3) is 0 Å². The van der Waals surface area contributed by atoms with Gasteiger partial charge < -0.3 is 13.6 Å². The van der Waals surface area contributed by atoms with E-state index in [1.165, 1.54) is 39.2 Å². The first-order valence-electron chi connectivity index (χ1n) is 17.2. The minimum atomic E-state index is -1.96. The summed E-state index contributed by atoms with van der Waals surface area (Å²) in [6, 6.07) is 0. The third-order valence-corrected chi connectivity index (χ3v) is 20.9. The Balaban J connectivity index is 2.29. The lowest BCUT2D eigenvalue weighted by Crippen LogP contribution is -2.51. The number of esters is 1. The molecule has 43 heavy (non-hydrogen) atoms. The summed E-state index contributed by atoms with van der Waals surface area (Å²) in [5, 5.41) is 0.431. The lowest BCUT2D eigenvalue weighted by atomic mass is 9.62. The Labute approximate surface area is 273 Å². The summed E-state index contributed by atoms with van der Waals surface area (Å²) in [6.07, 6.45) is 21.2. The van der Waals surface area contributed by atoms with E-state index in [-0.39, 0.29) is 39.5 Å². The van der Waals surface area contributed by atoms with Crippen molar-refractivity contribution in [3.05, 3.63) is 24.3 Å². The van der Waals surface area contributed by atoms with Gasteiger partial charge in [-0.3, -0.25) is 4.79 Å². The molecule has 0 bridgehead atoms. The molecule has 7 heteroatoms. The second kappa shape index (κ2) is 15.9. The van der Waals surface area contributed by atoms with Crippen molar-refractivity contribution >= 4 is 34.2 Å². The summed E-state index contributed by atoms with van der Waals surface area (Å²) >= 11 is 7.12. The molecular formula is C36H67ClO4Si2. The first-order valence-corrected chi connectivity index (χ1v) is 23.4. The summed E-state index contributed by atoms with van der Waals surface area (Å²) in [6.45, 7) is 25.9. The first-order chi connectivity index (χ1) is 19.8. The van der Waals surface area contributed by atoms with Gasteiger partial charge in [0.1, 0.15) is 0 Å². The minimum Gasteiger partial charge on any atom is -0.469 e. The molecule has 2 aliphatic rings. The smallest absolute Gasteiger partial charge is 0.305 e. The zero-order valence-corrected chi connectivity index (χ0v) is 32.7. The van der Waals surface area contributed by atoms with E-state index in [9.17, 15) is 4.79 Å². The van der Waals surface area contributed by atoms with Crippen LogP contribution in [0, 0.1) is 17.3 Å². The van der Waals surface area contributed by atoms with E-state index in [0.717, 1.165) is 32.1 Å². The number of unbranched alkanes of at least 4 members (excludes halogenated alkanes) is 1. The quantitative estimate of drug-likeness (QED) is 0.0546. The van der Waals surface area contributed by atoms with E-state index in [4.69, 9.17) is 25.2 Å². The third-order valence-electron chi connectivity index (χ3n) is 11.4. The molecule has 0 aromatic carbocycles. The summed E-state index contributed by atoms with van der Waals surface area (Å²) in [5.41, 5.74) is 0.322. The number of halogens is 1. The van der Waals surface area contributed by atoms with Gasteiger partial charge in [-0.25, -0.2) is 0 Å². The number of methoxy groups -OCH3 is 1. The number of alkyl halides is 1. The van der Waals surface area contributed by atoms with Gasteiger partial charge in [0.2, 0.25) is 0 Å². The van der Waals surface area contributed by atoms with E-state index in [1.54, 1.807) is 0 Å². The predicted octanol–water partition coefficient (Wildman–Crippen LogP) is 11.2. The zero-order valence-electron chi connectivity index (χ0n) is 30.0. The molecule has 2 fully saturated rings. The highest BCUT2D eigenvalue weighted by Gasteiger charge is 2.49. The molecule has 0 heterocycles. The van der Waals surface area contributed by atoms with Crippen molar-refractivity contribution < 1.29 is 18.4 Å². The zero-order chi connectivity index (χ0) is 32.7. The van der Waals surface area contributed by atoms with Gasteiger partial charge in [0.25, 0.3) is 0 Å². The van der Waals surface area contributed by atoms with Crippen LogP contribution in [0.2, 0.25) is 36.3 Å². The molecule has 0 aromatic rings. The Morgan fingerprint density at radius 1 is 1.00 bits per heavy atom. The average Bonchev–Trinajstić information content (AvgIpc) is 3.14. The fourth-order valence-corrected chi connectivity index (χ4v) is 9.56. The van der Waals surface area contributed by atoms with Crippen LogP contribution in [-0.4, -0.2) is 47.3 Å². The van der Waals surface area contributed by atoms with Crippen LogP contribution < -0.4 is 0 Å². The lowest BCUT2D eigenvalue weighted by Gasteiger charge is -2.51. The monoisotopic (exact) mass is 654 g/mol. The minimum absolute atomic E-state index is 0.0847. The second-order valence-corrected chi connectivity index (χ2v) is 26.7. The normalized spacial score (nSPS) is 25.8. The molecule has 0 aliphatic heterocycles. The van der Waals surface area contributed by atoms with Gasteiger partial charge >= 0.3 is 5.97 Å². The predicted molar refractivity (Wildman–Crippen MR) is 190 cm³/mol. The van der Waals surface area contributed by atoms with Crippen molar-refractivity contribution in [1.29, 1.82) is 0 Å². The summed E-state index contributed by atoms with van der Waals surface area (Å²) in [5.74, 6) is 0.477. The van der Waals surface area contributed by atoms with Gasteiger partial charge in [0.05, 0.1) is 19.3 Å². The van der Waals surface area contributed by atoms with Crippen molar-refractivity contribution in [3.8, 4) is 0 Å². The van der Waals surface area contributed by atoms with E-state index in [0.29, 0.717) is 17.8 Å². The molecule has 0 saturated heterocycles. The molecule has 2 saturated carbocycles. The highest BCUT2D eigenvalue weighted by Crippen LogP contribution is 2.52. The second-order valence-electron chi connectivity index (χ2n) is 16.6. The highest BCUT2D eigenvalue weighted by molar-refractivity contribution is 6.74. The Bertz CT molecular complexity index is 927. The van der Waals surface area contributed by atoms with Crippen molar-refractivity contribution in [1.82, 2.24) is 0 Å². The number of hydrogen-bond donors (Lipinski definition) is 0. The van der Waals surface area contributed by atoms with Crippen molar-refractivity contribution in [2.45, 2.75) is 173 Å². The van der Waals surface area contributed by atoms with Crippen LogP contribution in [0.4, 0.5) is 0 Å². The van der Waals surface area contributed by atoms with E-state index in [2.05, 4.69) is 99.0 Å². The van der Waals surface area contributed by atoms with Crippen molar-refractivity contribution in [2.75, 3.05) is 7.11 Å². The molecule has 0 amide bonds. The van der Waals surface area contributed by atoms with Crippen LogP contribution in [0.5, 0.6) is 0 Å². The molecule has 5 atom stereocenters. The fourth-order valence-electron chi connectivity index (χ4n) is 6.34. The number of ether oxygens (including phenoxy) is 1. The van der Waals surface area contributed by atoms with Crippen LogP contribution in [0.3, 0.4) is 0 Å². The largest absolute Gasteiger partial charge is 0.469 e. The maximum absolute atomic E-state index is 11.5. The summed E-state index contributed by atoms with van der Waals surface area (Å²) in [7, 11) is -2.42. The van der Waals surface area contributed by atoms with E-state index in [1.807, 2.05) is 0 Å². The van der Waals surface area contributed by atoms with E-state index < -0.39 is 16.6 Å². The van der Waals surface area contributed by atoms with Gasteiger partial charge in [0.15, 0.2) is 16.6 Å². The maximum atomic E-state index is 11.5. The highest BCUT2D eigenvalue weighted by atomic mass is 35.5. The number of carbonyl (C=O) groups is 1. The van der Waals surface area contributed by atoms with E-state index >= 15 is 0 Å². The molecule has 2 aliphatic carbocycles. The van der Waals surface area contributed by atoms with Crippen molar-refractivity contribution in [2.24, 2.45) is 17.3 Å². The Morgan fingerprint density at radius 2 is 1.63 bits per heavy atom. The molecule has 250 valence electrons. The standard InChI is InChI=1S/C36H67ClO4Si2/c1-13-24-36(25-19-26-36)32(41-43(11,12)35(5,6)7)22-18-21-29-28(20-16-14-15-17-23-33(38)39-8)30(37)27-31(29)40-42(9,10)34(2,3)4/h14,16,18,21,28-32H,13,15,17,19-20,22-27H2,1-12H3/t28-,29-,30+,31-,32?/m1/s1. The van der Waals surface area contributed by atoms with Gasteiger partial charge in [-0.1, -0.05) is 85.6 Å². The maximum Gasteiger partial charge on any atom is 0.305 e.